The molecule has 0 unspecified atom stereocenters. The van der Waals surface area contributed by atoms with E-state index in [2.05, 4.69) is 5.10 Å². The first-order chi connectivity index (χ1) is 5.88. The lowest BCUT2D eigenvalue weighted by atomic mass is 10.5. The first-order valence-corrected chi connectivity index (χ1v) is 4.78. The monoisotopic (exact) mass is 208 g/mol. The molecule has 0 atom stereocenters. The van der Waals surface area contributed by atoms with Crippen molar-refractivity contribution in [2.75, 3.05) is 7.11 Å². The fourth-order valence-electron chi connectivity index (χ4n) is 1.12. The Kier molecular flexibility index (Phi) is 2.29. The molecule has 0 saturated carbocycles. The molecule has 0 radical (unpaired) electrons. The maximum atomic E-state index is 12.7. The van der Waals surface area contributed by atoms with Crippen LogP contribution in [0.1, 0.15) is 5.69 Å². The zero-order valence-corrected chi connectivity index (χ0v) is 8.22. The SMILES string of the molecule is COc1c(S(=O)(=O)F)c(C)nn1C. The van der Waals surface area contributed by atoms with Crippen LogP contribution in [0.5, 0.6) is 5.88 Å². The van der Waals surface area contributed by atoms with Gasteiger partial charge in [0.1, 0.15) is 0 Å². The van der Waals surface area contributed by atoms with Crippen molar-refractivity contribution >= 4 is 10.2 Å². The largest absolute Gasteiger partial charge is 0.480 e. The summed E-state index contributed by atoms with van der Waals surface area (Å²) in [5, 5.41) is 3.72. The van der Waals surface area contributed by atoms with E-state index >= 15 is 0 Å². The van der Waals surface area contributed by atoms with Gasteiger partial charge in [0.2, 0.25) is 5.88 Å². The van der Waals surface area contributed by atoms with E-state index in [1.165, 1.54) is 25.8 Å². The first-order valence-electron chi connectivity index (χ1n) is 3.40. The highest BCUT2D eigenvalue weighted by Crippen LogP contribution is 2.27. The maximum Gasteiger partial charge on any atom is 0.339 e. The standard InChI is InChI=1S/C6H9FN2O3S/c1-4-5(13(7,10)11)6(12-3)9(2)8-4/h1-3H3. The lowest BCUT2D eigenvalue weighted by Crippen LogP contribution is -1.99. The predicted molar refractivity (Wildman–Crippen MR) is 42.8 cm³/mol. The Bertz CT molecular complexity index is 423. The van der Waals surface area contributed by atoms with Crippen molar-refractivity contribution in [1.82, 2.24) is 9.78 Å². The number of ether oxygens (including phenoxy) is 1. The van der Waals surface area contributed by atoms with Gasteiger partial charge in [-0.1, -0.05) is 0 Å². The average Bonchev–Trinajstić information content (AvgIpc) is 2.23. The molecule has 13 heavy (non-hydrogen) atoms. The number of nitrogens with zero attached hydrogens (tertiary/aromatic N) is 2. The molecule has 0 aliphatic rings. The number of rotatable bonds is 2. The Balaban J connectivity index is 3.52. The van der Waals surface area contributed by atoms with Crippen molar-refractivity contribution in [3.8, 4) is 5.88 Å². The third kappa shape index (κ3) is 1.64. The number of halogens is 1. The van der Waals surface area contributed by atoms with Crippen LogP contribution in [0.2, 0.25) is 0 Å². The molecule has 0 fully saturated rings. The summed E-state index contributed by atoms with van der Waals surface area (Å²) in [6, 6.07) is 0. The highest BCUT2D eigenvalue weighted by molar-refractivity contribution is 7.86. The summed E-state index contributed by atoms with van der Waals surface area (Å²) in [4.78, 5) is -0.502. The van der Waals surface area contributed by atoms with Gasteiger partial charge in [-0.3, -0.25) is 0 Å². The molecule has 0 aliphatic carbocycles. The van der Waals surface area contributed by atoms with E-state index in [1.54, 1.807) is 0 Å². The molecule has 5 nitrogen and oxygen atoms in total. The lowest BCUT2D eigenvalue weighted by molar-refractivity contribution is 0.362. The van der Waals surface area contributed by atoms with E-state index in [1.807, 2.05) is 0 Å². The number of methoxy groups -OCH3 is 1. The van der Waals surface area contributed by atoms with Crippen molar-refractivity contribution in [3.05, 3.63) is 5.69 Å². The van der Waals surface area contributed by atoms with Crippen LogP contribution < -0.4 is 4.74 Å². The molecular weight excluding hydrogens is 199 g/mol. The number of hydrogen-bond donors (Lipinski definition) is 0. The molecule has 0 saturated heterocycles. The van der Waals surface area contributed by atoms with Gasteiger partial charge in [0, 0.05) is 7.05 Å². The number of aromatic nitrogens is 2. The maximum absolute atomic E-state index is 12.7. The summed E-state index contributed by atoms with van der Waals surface area (Å²) >= 11 is 0. The van der Waals surface area contributed by atoms with Crippen molar-refractivity contribution in [2.45, 2.75) is 11.8 Å². The summed E-state index contributed by atoms with van der Waals surface area (Å²) in [6.07, 6.45) is 0. The number of aryl methyl sites for hydroxylation is 2. The topological polar surface area (TPSA) is 61.2 Å². The van der Waals surface area contributed by atoms with E-state index in [0.717, 1.165) is 0 Å². The van der Waals surface area contributed by atoms with Gasteiger partial charge in [-0.15, -0.1) is 3.89 Å². The van der Waals surface area contributed by atoms with Gasteiger partial charge in [0.25, 0.3) is 0 Å². The van der Waals surface area contributed by atoms with Crippen LogP contribution in [0, 0.1) is 6.92 Å². The van der Waals surface area contributed by atoms with E-state index in [0.29, 0.717) is 0 Å². The Morgan fingerprint density at radius 3 is 2.38 bits per heavy atom. The summed E-state index contributed by atoms with van der Waals surface area (Å²) in [6.45, 7) is 1.40. The second-order valence-electron chi connectivity index (χ2n) is 2.49. The lowest BCUT2D eigenvalue weighted by Gasteiger charge is -1.99. The average molecular weight is 208 g/mol. The second kappa shape index (κ2) is 2.99. The summed E-state index contributed by atoms with van der Waals surface area (Å²) in [5.41, 5.74) is 0.0850. The normalized spacial score (nSPS) is 11.7. The highest BCUT2D eigenvalue weighted by atomic mass is 32.3. The second-order valence-corrected chi connectivity index (χ2v) is 3.77. The molecule has 0 bridgehead atoms. The molecule has 1 rings (SSSR count). The molecule has 1 aromatic heterocycles. The van der Waals surface area contributed by atoms with Crippen LogP contribution in [0.15, 0.2) is 4.90 Å². The molecule has 0 aromatic carbocycles. The smallest absolute Gasteiger partial charge is 0.339 e. The van der Waals surface area contributed by atoms with Gasteiger partial charge in [0.05, 0.1) is 12.8 Å². The van der Waals surface area contributed by atoms with Gasteiger partial charge < -0.3 is 4.74 Å². The molecule has 0 aliphatic heterocycles. The molecule has 1 heterocycles. The van der Waals surface area contributed by atoms with Crippen LogP contribution in [-0.2, 0) is 17.3 Å². The molecule has 0 amide bonds. The van der Waals surface area contributed by atoms with Crippen molar-refractivity contribution in [3.63, 3.8) is 0 Å². The van der Waals surface area contributed by atoms with Crippen LogP contribution in [0.3, 0.4) is 0 Å². The van der Waals surface area contributed by atoms with Gasteiger partial charge in [-0.2, -0.15) is 13.5 Å². The Labute approximate surface area is 75.3 Å². The molecular formula is C6H9FN2O3S. The third-order valence-corrected chi connectivity index (χ3v) is 2.51. The zero-order chi connectivity index (χ0) is 10.2. The van der Waals surface area contributed by atoms with E-state index < -0.39 is 15.1 Å². The van der Waals surface area contributed by atoms with Crippen molar-refractivity contribution in [2.24, 2.45) is 7.05 Å². The molecule has 0 spiro atoms. The third-order valence-electron chi connectivity index (χ3n) is 1.55. The van der Waals surface area contributed by atoms with Gasteiger partial charge in [-0.25, -0.2) is 4.68 Å². The van der Waals surface area contributed by atoms with Gasteiger partial charge >= 0.3 is 10.2 Å². The fourth-order valence-corrected chi connectivity index (χ4v) is 1.94. The van der Waals surface area contributed by atoms with Crippen molar-refractivity contribution < 1.29 is 17.0 Å². The molecule has 74 valence electrons. The number of hydrogen-bond acceptors (Lipinski definition) is 4. The van der Waals surface area contributed by atoms with E-state index in [-0.39, 0.29) is 11.6 Å². The highest BCUT2D eigenvalue weighted by Gasteiger charge is 2.26. The Morgan fingerprint density at radius 1 is 1.54 bits per heavy atom. The van der Waals surface area contributed by atoms with Crippen molar-refractivity contribution in [1.29, 1.82) is 0 Å². The van der Waals surface area contributed by atoms with E-state index in [9.17, 15) is 12.3 Å². The van der Waals surface area contributed by atoms with Crippen LogP contribution in [0.25, 0.3) is 0 Å². The Morgan fingerprint density at radius 2 is 2.08 bits per heavy atom. The van der Waals surface area contributed by atoms with Gasteiger partial charge in [-0.05, 0) is 6.92 Å². The minimum atomic E-state index is -4.76. The minimum absolute atomic E-state index is 0.0850. The summed E-state index contributed by atoms with van der Waals surface area (Å²) in [7, 11) is -2.04. The predicted octanol–water partition coefficient (Wildman–Crippen LogP) is 0.395. The summed E-state index contributed by atoms with van der Waals surface area (Å²) < 4.78 is 39.8. The summed E-state index contributed by atoms with van der Waals surface area (Å²) in [5.74, 6) is -0.0972. The quantitative estimate of drug-likeness (QED) is 0.660. The van der Waals surface area contributed by atoms with Crippen LogP contribution in [0.4, 0.5) is 3.89 Å². The Hall–Kier alpha value is -1.11. The van der Waals surface area contributed by atoms with E-state index in [4.69, 9.17) is 4.74 Å². The van der Waals surface area contributed by atoms with Crippen LogP contribution in [-0.4, -0.2) is 25.3 Å². The fraction of sp³-hybridized carbons (Fsp3) is 0.500. The molecule has 0 N–H and O–H groups in total. The molecule has 1 aromatic rings. The van der Waals surface area contributed by atoms with Crippen LogP contribution >= 0.6 is 0 Å². The molecule has 7 heteroatoms. The first kappa shape index (κ1) is 9.97. The minimum Gasteiger partial charge on any atom is -0.480 e. The van der Waals surface area contributed by atoms with Gasteiger partial charge in [0.15, 0.2) is 4.90 Å². The zero-order valence-electron chi connectivity index (χ0n) is 7.41.